The maximum absolute atomic E-state index is 10.6. The van der Waals surface area contributed by atoms with Crippen molar-refractivity contribution in [2.24, 2.45) is 13.0 Å². The molecule has 0 aliphatic heterocycles. The highest BCUT2D eigenvalue weighted by Gasteiger charge is 2.33. The molecule has 0 aromatic carbocycles. The second kappa shape index (κ2) is 3.56. The Balaban J connectivity index is 2.24. The number of nitrogens with zero attached hydrogens (tertiary/aromatic N) is 2. The summed E-state index contributed by atoms with van der Waals surface area (Å²) < 4.78 is 1.92. The smallest absolute Gasteiger partial charge is 0.120 e. The lowest BCUT2D eigenvalue weighted by molar-refractivity contribution is -0.108. The maximum atomic E-state index is 10.6. The van der Waals surface area contributed by atoms with Crippen LogP contribution in [0.3, 0.4) is 0 Å². The lowest BCUT2D eigenvalue weighted by atomic mass is 9.96. The molecule has 1 saturated carbocycles. The first kappa shape index (κ1) is 9.44. The summed E-state index contributed by atoms with van der Waals surface area (Å²) in [6.45, 7) is 1.99. The zero-order chi connectivity index (χ0) is 10.1. The SMILES string of the molecule is Cc1cc(C(CC=O)C2CC2)n(C)n1. The monoisotopic (exact) mass is 192 g/mol. The van der Waals surface area contributed by atoms with Crippen LogP contribution in [-0.4, -0.2) is 16.1 Å². The quantitative estimate of drug-likeness (QED) is 0.682. The fourth-order valence-electron chi connectivity index (χ4n) is 2.13. The molecule has 1 unspecified atom stereocenters. The minimum absolute atomic E-state index is 0.402. The fourth-order valence-corrected chi connectivity index (χ4v) is 2.13. The molecular formula is C11H16N2O. The Hall–Kier alpha value is -1.12. The number of carbonyl (C=O) groups is 1. The number of carbonyl (C=O) groups excluding carboxylic acids is 1. The minimum Gasteiger partial charge on any atom is -0.303 e. The zero-order valence-corrected chi connectivity index (χ0v) is 8.73. The second-order valence-corrected chi connectivity index (χ2v) is 4.18. The first-order valence-electron chi connectivity index (χ1n) is 5.16. The number of aryl methyl sites for hydroxylation is 2. The molecule has 1 atom stereocenters. The zero-order valence-electron chi connectivity index (χ0n) is 8.73. The van der Waals surface area contributed by atoms with Crippen molar-refractivity contribution in [1.29, 1.82) is 0 Å². The first-order valence-corrected chi connectivity index (χ1v) is 5.16. The predicted molar refractivity (Wildman–Crippen MR) is 54.1 cm³/mol. The van der Waals surface area contributed by atoms with Gasteiger partial charge in [0.2, 0.25) is 0 Å². The maximum Gasteiger partial charge on any atom is 0.120 e. The van der Waals surface area contributed by atoms with Crippen LogP contribution in [0, 0.1) is 12.8 Å². The molecule has 2 rings (SSSR count). The second-order valence-electron chi connectivity index (χ2n) is 4.18. The van der Waals surface area contributed by atoms with Gasteiger partial charge < -0.3 is 4.79 Å². The highest BCUT2D eigenvalue weighted by Crippen LogP contribution is 2.43. The van der Waals surface area contributed by atoms with Gasteiger partial charge in [-0.1, -0.05) is 0 Å². The van der Waals surface area contributed by atoms with Crippen molar-refractivity contribution < 1.29 is 4.79 Å². The summed E-state index contributed by atoms with van der Waals surface area (Å²) in [7, 11) is 1.96. The molecule has 0 spiro atoms. The van der Waals surface area contributed by atoms with Gasteiger partial charge >= 0.3 is 0 Å². The van der Waals surface area contributed by atoms with Crippen LogP contribution in [0.5, 0.6) is 0 Å². The van der Waals surface area contributed by atoms with Gasteiger partial charge in [0, 0.05) is 25.1 Å². The van der Waals surface area contributed by atoms with Crippen LogP contribution in [0.4, 0.5) is 0 Å². The summed E-state index contributed by atoms with van der Waals surface area (Å²) in [4.78, 5) is 10.6. The van der Waals surface area contributed by atoms with Gasteiger partial charge in [0.15, 0.2) is 0 Å². The van der Waals surface area contributed by atoms with Crippen molar-refractivity contribution in [3.8, 4) is 0 Å². The van der Waals surface area contributed by atoms with Gasteiger partial charge in [-0.3, -0.25) is 4.68 Å². The third-order valence-corrected chi connectivity index (χ3v) is 2.96. The highest BCUT2D eigenvalue weighted by molar-refractivity contribution is 5.51. The van der Waals surface area contributed by atoms with Crippen molar-refractivity contribution >= 4 is 6.29 Å². The summed E-state index contributed by atoms with van der Waals surface area (Å²) in [6, 6.07) is 2.10. The summed E-state index contributed by atoms with van der Waals surface area (Å²) >= 11 is 0. The molecule has 1 heterocycles. The van der Waals surface area contributed by atoms with Crippen LogP contribution >= 0.6 is 0 Å². The van der Waals surface area contributed by atoms with Crippen LogP contribution in [0.1, 0.15) is 36.6 Å². The summed E-state index contributed by atoms with van der Waals surface area (Å²) in [6.07, 6.45) is 4.21. The van der Waals surface area contributed by atoms with Crippen LogP contribution in [0.2, 0.25) is 0 Å². The van der Waals surface area contributed by atoms with E-state index in [4.69, 9.17) is 0 Å². The van der Waals surface area contributed by atoms with Crippen LogP contribution in [0.15, 0.2) is 6.07 Å². The van der Waals surface area contributed by atoms with Gasteiger partial charge in [0.1, 0.15) is 6.29 Å². The fraction of sp³-hybridized carbons (Fsp3) is 0.636. The summed E-state index contributed by atoms with van der Waals surface area (Å²) in [5.74, 6) is 1.12. The number of aromatic nitrogens is 2. The van der Waals surface area contributed by atoms with Crippen LogP contribution < -0.4 is 0 Å². The molecule has 14 heavy (non-hydrogen) atoms. The van der Waals surface area contributed by atoms with E-state index in [2.05, 4.69) is 11.2 Å². The third kappa shape index (κ3) is 1.72. The van der Waals surface area contributed by atoms with Gasteiger partial charge in [-0.05, 0) is 31.7 Å². The molecule has 0 bridgehead atoms. The van der Waals surface area contributed by atoms with Crippen molar-refractivity contribution in [2.75, 3.05) is 0 Å². The Kier molecular flexibility index (Phi) is 2.40. The van der Waals surface area contributed by atoms with Gasteiger partial charge in [0.05, 0.1) is 5.69 Å². The Bertz CT molecular complexity index is 339. The van der Waals surface area contributed by atoms with Crippen molar-refractivity contribution in [3.05, 3.63) is 17.5 Å². The molecular weight excluding hydrogens is 176 g/mol. The molecule has 1 aromatic heterocycles. The first-order chi connectivity index (χ1) is 6.72. The molecule has 1 aliphatic rings. The molecule has 1 aromatic rings. The number of rotatable bonds is 4. The van der Waals surface area contributed by atoms with Gasteiger partial charge in [-0.25, -0.2) is 0 Å². The van der Waals surface area contributed by atoms with E-state index in [1.54, 1.807) is 0 Å². The van der Waals surface area contributed by atoms with Crippen LogP contribution in [0.25, 0.3) is 0 Å². The van der Waals surface area contributed by atoms with Gasteiger partial charge in [-0.15, -0.1) is 0 Å². The van der Waals surface area contributed by atoms with E-state index in [1.165, 1.54) is 18.5 Å². The van der Waals surface area contributed by atoms with E-state index in [1.807, 2.05) is 18.7 Å². The number of hydrogen-bond donors (Lipinski definition) is 0. The standard InChI is InChI=1S/C11H16N2O/c1-8-7-11(13(2)12-8)10(5-6-14)9-3-4-9/h6-7,9-10H,3-5H2,1-2H3. The van der Waals surface area contributed by atoms with E-state index in [-0.39, 0.29) is 0 Å². The molecule has 0 saturated heterocycles. The number of aldehydes is 1. The minimum atomic E-state index is 0.402. The topological polar surface area (TPSA) is 34.9 Å². The largest absolute Gasteiger partial charge is 0.303 e. The molecule has 1 aliphatic carbocycles. The summed E-state index contributed by atoms with van der Waals surface area (Å²) in [5, 5.41) is 4.33. The Morgan fingerprint density at radius 3 is 2.86 bits per heavy atom. The summed E-state index contributed by atoms with van der Waals surface area (Å²) in [5.41, 5.74) is 2.26. The Morgan fingerprint density at radius 1 is 1.71 bits per heavy atom. The average Bonchev–Trinajstić information content (AvgIpc) is 2.89. The normalized spacial score (nSPS) is 18.1. The van der Waals surface area contributed by atoms with E-state index in [9.17, 15) is 4.79 Å². The van der Waals surface area contributed by atoms with Gasteiger partial charge in [-0.2, -0.15) is 5.10 Å². The van der Waals surface area contributed by atoms with E-state index < -0.39 is 0 Å². The molecule has 0 radical (unpaired) electrons. The Labute approximate surface area is 84.1 Å². The molecule has 0 amide bonds. The van der Waals surface area contributed by atoms with E-state index >= 15 is 0 Å². The molecule has 0 N–H and O–H groups in total. The molecule has 3 heteroatoms. The third-order valence-electron chi connectivity index (χ3n) is 2.96. The molecule has 1 fully saturated rings. The van der Waals surface area contributed by atoms with Crippen molar-refractivity contribution in [1.82, 2.24) is 9.78 Å². The Morgan fingerprint density at radius 2 is 2.43 bits per heavy atom. The van der Waals surface area contributed by atoms with Gasteiger partial charge in [0.25, 0.3) is 0 Å². The van der Waals surface area contributed by atoms with E-state index in [0.717, 1.165) is 17.9 Å². The lowest BCUT2D eigenvalue weighted by Crippen LogP contribution is -2.08. The van der Waals surface area contributed by atoms with Crippen LogP contribution in [-0.2, 0) is 11.8 Å². The predicted octanol–water partition coefficient (Wildman–Crippen LogP) is 1.81. The average molecular weight is 192 g/mol. The molecule has 3 nitrogen and oxygen atoms in total. The van der Waals surface area contributed by atoms with Crippen molar-refractivity contribution in [2.45, 2.75) is 32.1 Å². The van der Waals surface area contributed by atoms with E-state index in [0.29, 0.717) is 12.3 Å². The lowest BCUT2D eigenvalue weighted by Gasteiger charge is -2.12. The highest BCUT2D eigenvalue weighted by atomic mass is 16.1. The van der Waals surface area contributed by atoms with Crippen molar-refractivity contribution in [3.63, 3.8) is 0 Å². The molecule has 76 valence electrons. The number of hydrogen-bond acceptors (Lipinski definition) is 2.